The third kappa shape index (κ3) is 4.61. The summed E-state index contributed by atoms with van der Waals surface area (Å²) in [4.78, 5) is 24.8. The number of ether oxygens (including phenoxy) is 2. The average molecular weight is 423 g/mol. The van der Waals surface area contributed by atoms with E-state index in [1.807, 2.05) is 6.07 Å². The molecule has 0 spiro atoms. The van der Waals surface area contributed by atoms with Gasteiger partial charge in [-0.15, -0.1) is 0 Å². The molecule has 0 heterocycles. The van der Waals surface area contributed by atoms with Gasteiger partial charge in [-0.3, -0.25) is 4.79 Å². The Balaban J connectivity index is 1.31. The number of hydrogen-bond acceptors (Lipinski definition) is 5. The molecule has 0 radical (unpaired) electrons. The zero-order valence-electron chi connectivity index (χ0n) is 18.2. The lowest BCUT2D eigenvalue weighted by Crippen LogP contribution is -2.56. The van der Waals surface area contributed by atoms with Crippen LogP contribution in [0.5, 0.6) is 5.75 Å². The molecule has 31 heavy (non-hydrogen) atoms. The van der Waals surface area contributed by atoms with Gasteiger partial charge in [-0.25, -0.2) is 4.79 Å². The molecule has 4 fully saturated rings. The summed E-state index contributed by atoms with van der Waals surface area (Å²) in [5.41, 5.74) is 0.724. The Bertz CT molecular complexity index is 877. The lowest BCUT2D eigenvalue weighted by atomic mass is 9.48. The predicted molar refractivity (Wildman–Crippen MR) is 116 cm³/mol. The van der Waals surface area contributed by atoms with Crippen LogP contribution in [0, 0.1) is 34.5 Å². The standard InChI is InChI=1S/C25H30N2O4/c1-16(25-11-18-7-19(12-25)9-20(8-18)13-25)27-23(28)15-31-24(29)21(14-26)10-17-3-5-22(30-2)6-4-17/h3-6,10,16,18-20H,7-9,11-13,15H2,1-2H3,(H,27,28)/b21-10+/t16-,18?,19?,20?,25?/m0/s1. The monoisotopic (exact) mass is 422 g/mol. The van der Waals surface area contributed by atoms with E-state index >= 15 is 0 Å². The summed E-state index contributed by atoms with van der Waals surface area (Å²) >= 11 is 0. The quantitative estimate of drug-likeness (QED) is 0.409. The van der Waals surface area contributed by atoms with E-state index in [9.17, 15) is 14.9 Å². The van der Waals surface area contributed by atoms with Crippen LogP contribution >= 0.6 is 0 Å². The van der Waals surface area contributed by atoms with Crippen molar-refractivity contribution < 1.29 is 19.1 Å². The first-order valence-corrected chi connectivity index (χ1v) is 11.1. The van der Waals surface area contributed by atoms with Crippen molar-refractivity contribution >= 4 is 18.0 Å². The van der Waals surface area contributed by atoms with Crippen LogP contribution in [-0.4, -0.2) is 31.6 Å². The molecule has 1 amide bonds. The van der Waals surface area contributed by atoms with Crippen LogP contribution < -0.4 is 10.1 Å². The van der Waals surface area contributed by atoms with Gasteiger partial charge in [0.05, 0.1) is 7.11 Å². The maximum absolute atomic E-state index is 12.5. The van der Waals surface area contributed by atoms with E-state index in [2.05, 4.69) is 12.2 Å². The van der Waals surface area contributed by atoms with Crippen LogP contribution in [0.25, 0.3) is 6.08 Å². The third-order valence-electron chi connectivity index (χ3n) is 7.48. The Morgan fingerprint density at radius 2 is 1.74 bits per heavy atom. The highest BCUT2D eigenvalue weighted by atomic mass is 16.5. The number of amides is 1. The molecule has 1 aromatic rings. The summed E-state index contributed by atoms with van der Waals surface area (Å²) < 4.78 is 10.2. The number of carbonyl (C=O) groups excluding carboxylic acids is 2. The van der Waals surface area contributed by atoms with E-state index in [4.69, 9.17) is 9.47 Å². The highest BCUT2D eigenvalue weighted by Gasteiger charge is 2.53. The van der Waals surface area contributed by atoms with E-state index < -0.39 is 5.97 Å². The molecule has 0 unspecified atom stereocenters. The second kappa shape index (κ2) is 8.74. The Kier molecular flexibility index (Phi) is 6.04. The molecule has 5 rings (SSSR count). The second-order valence-electron chi connectivity index (χ2n) is 9.59. The number of rotatable bonds is 7. The largest absolute Gasteiger partial charge is 0.497 e. The van der Waals surface area contributed by atoms with Crippen molar-refractivity contribution in [3.05, 3.63) is 35.4 Å². The van der Waals surface area contributed by atoms with E-state index in [1.54, 1.807) is 31.4 Å². The number of nitrogens with one attached hydrogen (secondary N) is 1. The number of hydrogen-bond donors (Lipinski definition) is 1. The molecule has 6 nitrogen and oxygen atoms in total. The molecule has 4 bridgehead atoms. The van der Waals surface area contributed by atoms with Gasteiger partial charge in [0, 0.05) is 6.04 Å². The van der Waals surface area contributed by atoms with Crippen LogP contribution in [0.15, 0.2) is 29.8 Å². The molecule has 4 saturated carbocycles. The fourth-order valence-corrected chi connectivity index (χ4v) is 6.36. The summed E-state index contributed by atoms with van der Waals surface area (Å²) in [5.74, 6) is 2.01. The smallest absolute Gasteiger partial charge is 0.349 e. The highest BCUT2D eigenvalue weighted by Crippen LogP contribution is 2.61. The number of nitriles is 1. The Morgan fingerprint density at radius 3 is 2.26 bits per heavy atom. The molecular formula is C25H30N2O4. The molecule has 1 N–H and O–H groups in total. The lowest BCUT2D eigenvalue weighted by molar-refractivity contribution is -0.145. The molecular weight excluding hydrogens is 392 g/mol. The van der Waals surface area contributed by atoms with Gasteiger partial charge in [-0.1, -0.05) is 12.1 Å². The molecule has 0 saturated heterocycles. The van der Waals surface area contributed by atoms with Gasteiger partial charge in [0.25, 0.3) is 5.91 Å². The average Bonchev–Trinajstić information content (AvgIpc) is 2.75. The van der Waals surface area contributed by atoms with Gasteiger partial charge in [0.15, 0.2) is 6.61 Å². The molecule has 4 aliphatic carbocycles. The minimum Gasteiger partial charge on any atom is -0.497 e. The Labute approximate surface area is 183 Å². The van der Waals surface area contributed by atoms with E-state index in [0.717, 1.165) is 17.8 Å². The molecule has 0 aliphatic heterocycles. The molecule has 164 valence electrons. The zero-order valence-corrected chi connectivity index (χ0v) is 18.2. The molecule has 0 aromatic heterocycles. The van der Waals surface area contributed by atoms with E-state index in [0.29, 0.717) is 11.3 Å². The SMILES string of the molecule is COc1ccc(/C=C(\C#N)C(=O)OCC(=O)N[C@@H](C)C23CC4CC(CC(C4)C2)C3)cc1. The van der Waals surface area contributed by atoms with Crippen molar-refractivity contribution in [3.63, 3.8) is 0 Å². The van der Waals surface area contributed by atoms with Gasteiger partial charge in [0.1, 0.15) is 17.4 Å². The summed E-state index contributed by atoms with van der Waals surface area (Å²) in [5, 5.41) is 12.4. The summed E-state index contributed by atoms with van der Waals surface area (Å²) in [6, 6.07) is 8.88. The van der Waals surface area contributed by atoms with Crippen molar-refractivity contribution in [1.82, 2.24) is 5.32 Å². The highest BCUT2D eigenvalue weighted by molar-refractivity contribution is 5.98. The molecule has 6 heteroatoms. The fourth-order valence-electron chi connectivity index (χ4n) is 6.36. The zero-order chi connectivity index (χ0) is 22.0. The van der Waals surface area contributed by atoms with Crippen LogP contribution in [0.2, 0.25) is 0 Å². The van der Waals surface area contributed by atoms with Crippen LogP contribution in [0.1, 0.15) is 51.0 Å². The van der Waals surface area contributed by atoms with Gasteiger partial charge in [-0.05, 0) is 92.4 Å². The summed E-state index contributed by atoms with van der Waals surface area (Å²) in [6.45, 7) is 1.72. The van der Waals surface area contributed by atoms with E-state index in [1.165, 1.54) is 44.6 Å². The Morgan fingerprint density at radius 1 is 1.16 bits per heavy atom. The van der Waals surface area contributed by atoms with Crippen molar-refractivity contribution in [2.45, 2.75) is 51.5 Å². The van der Waals surface area contributed by atoms with Crippen LogP contribution in [0.4, 0.5) is 0 Å². The normalized spacial score (nSPS) is 29.7. The number of methoxy groups -OCH3 is 1. The fraction of sp³-hybridized carbons (Fsp3) is 0.560. The maximum atomic E-state index is 12.5. The van der Waals surface area contributed by atoms with Gasteiger partial charge in [-0.2, -0.15) is 5.26 Å². The number of benzene rings is 1. The van der Waals surface area contributed by atoms with E-state index in [-0.39, 0.29) is 29.5 Å². The van der Waals surface area contributed by atoms with Crippen molar-refractivity contribution in [3.8, 4) is 11.8 Å². The number of nitrogens with zero attached hydrogens (tertiary/aromatic N) is 1. The number of esters is 1. The first-order chi connectivity index (χ1) is 14.9. The van der Waals surface area contributed by atoms with Crippen LogP contribution in [-0.2, 0) is 14.3 Å². The van der Waals surface area contributed by atoms with Crippen LogP contribution in [0.3, 0.4) is 0 Å². The summed E-state index contributed by atoms with van der Waals surface area (Å²) in [7, 11) is 1.57. The maximum Gasteiger partial charge on any atom is 0.349 e. The predicted octanol–water partition coefficient (Wildman–Crippen LogP) is 3.87. The van der Waals surface area contributed by atoms with Gasteiger partial charge >= 0.3 is 5.97 Å². The van der Waals surface area contributed by atoms with Crippen molar-refractivity contribution in [1.29, 1.82) is 5.26 Å². The van der Waals surface area contributed by atoms with Crippen molar-refractivity contribution in [2.75, 3.05) is 13.7 Å². The minimum atomic E-state index is -0.795. The second-order valence-corrected chi connectivity index (χ2v) is 9.59. The summed E-state index contributed by atoms with van der Waals surface area (Å²) in [6.07, 6.45) is 9.10. The molecule has 1 aromatic carbocycles. The number of carbonyl (C=O) groups is 2. The van der Waals surface area contributed by atoms with Crippen molar-refractivity contribution in [2.24, 2.45) is 23.2 Å². The Hall–Kier alpha value is -2.81. The lowest BCUT2D eigenvalue weighted by Gasteiger charge is -2.59. The minimum absolute atomic E-state index is 0.0670. The molecule has 1 atom stereocenters. The topological polar surface area (TPSA) is 88.4 Å². The third-order valence-corrected chi connectivity index (χ3v) is 7.48. The first kappa shape index (κ1) is 21.4. The molecule has 4 aliphatic rings. The first-order valence-electron chi connectivity index (χ1n) is 11.1. The van der Waals surface area contributed by atoms with Gasteiger partial charge < -0.3 is 14.8 Å². The van der Waals surface area contributed by atoms with Gasteiger partial charge in [0.2, 0.25) is 0 Å².